The number of fused-ring (bicyclic) bond motifs is 2. The van der Waals surface area contributed by atoms with E-state index in [4.69, 9.17) is 0 Å². The first-order valence-corrected chi connectivity index (χ1v) is 8.76. The molecule has 2 aromatic heterocycles. The van der Waals surface area contributed by atoms with E-state index in [1.165, 1.54) is 11.3 Å². The fraction of sp³-hybridized carbons (Fsp3) is 0.562. The molecular formula is C16H21N3O2S. The minimum atomic E-state index is -0.0867. The van der Waals surface area contributed by atoms with Gasteiger partial charge in [0, 0.05) is 19.5 Å². The van der Waals surface area contributed by atoms with Crippen molar-refractivity contribution in [1.29, 1.82) is 0 Å². The van der Waals surface area contributed by atoms with Crippen LogP contribution in [0, 0.1) is 6.92 Å². The van der Waals surface area contributed by atoms with Gasteiger partial charge in [0.05, 0.1) is 10.3 Å². The number of aryl methyl sites for hydroxylation is 2. The van der Waals surface area contributed by atoms with E-state index in [1.54, 1.807) is 4.57 Å². The molecule has 0 spiro atoms. The molecule has 1 N–H and O–H groups in total. The molecule has 0 fully saturated rings. The van der Waals surface area contributed by atoms with Crippen LogP contribution >= 0.6 is 11.3 Å². The van der Waals surface area contributed by atoms with Crippen molar-refractivity contribution in [1.82, 2.24) is 14.9 Å². The molecule has 3 heterocycles. The second-order valence-electron chi connectivity index (χ2n) is 5.79. The Hall–Kier alpha value is -1.69. The Morgan fingerprint density at radius 1 is 1.41 bits per heavy atom. The van der Waals surface area contributed by atoms with Crippen molar-refractivity contribution >= 4 is 27.5 Å². The summed E-state index contributed by atoms with van der Waals surface area (Å²) in [6.07, 6.45) is 4.95. The zero-order valence-electron chi connectivity index (χ0n) is 13.1. The summed E-state index contributed by atoms with van der Waals surface area (Å²) >= 11 is 1.34. The molecule has 1 aliphatic rings. The molecule has 0 unspecified atom stereocenters. The van der Waals surface area contributed by atoms with Crippen molar-refractivity contribution in [2.45, 2.75) is 52.5 Å². The van der Waals surface area contributed by atoms with Gasteiger partial charge < -0.3 is 5.32 Å². The molecule has 0 atom stereocenters. The summed E-state index contributed by atoms with van der Waals surface area (Å²) in [4.78, 5) is 31.0. The molecule has 0 bridgehead atoms. The van der Waals surface area contributed by atoms with Gasteiger partial charge in [0.1, 0.15) is 10.7 Å². The molecular weight excluding hydrogens is 298 g/mol. The molecule has 0 saturated carbocycles. The normalized spacial score (nSPS) is 14.1. The third kappa shape index (κ3) is 2.56. The summed E-state index contributed by atoms with van der Waals surface area (Å²) in [5.74, 6) is 0.777. The lowest BCUT2D eigenvalue weighted by molar-refractivity contribution is 0.0957. The van der Waals surface area contributed by atoms with Gasteiger partial charge in [-0.15, -0.1) is 11.3 Å². The second kappa shape index (κ2) is 6.20. The van der Waals surface area contributed by atoms with E-state index >= 15 is 0 Å². The van der Waals surface area contributed by atoms with Crippen LogP contribution in [0.3, 0.4) is 0 Å². The molecule has 2 aromatic rings. The largest absolute Gasteiger partial charge is 0.351 e. The molecule has 22 heavy (non-hydrogen) atoms. The Labute approximate surface area is 133 Å². The van der Waals surface area contributed by atoms with Crippen molar-refractivity contribution in [3.8, 4) is 0 Å². The summed E-state index contributed by atoms with van der Waals surface area (Å²) in [5.41, 5.74) is 0.786. The Bertz CT molecular complexity index is 776. The van der Waals surface area contributed by atoms with Gasteiger partial charge in [0.15, 0.2) is 0 Å². The van der Waals surface area contributed by atoms with Gasteiger partial charge in [0.2, 0.25) is 0 Å². The monoisotopic (exact) mass is 319 g/mol. The lowest BCUT2D eigenvalue weighted by Gasteiger charge is -2.16. The Balaban J connectivity index is 2.03. The zero-order chi connectivity index (χ0) is 15.7. The first-order chi connectivity index (χ1) is 10.6. The Morgan fingerprint density at radius 3 is 3.00 bits per heavy atom. The van der Waals surface area contributed by atoms with Crippen LogP contribution in [0.4, 0.5) is 0 Å². The lowest BCUT2D eigenvalue weighted by atomic mass is 10.1. The smallest absolute Gasteiger partial charge is 0.262 e. The maximum atomic E-state index is 12.7. The predicted molar refractivity (Wildman–Crippen MR) is 88.8 cm³/mol. The third-order valence-corrected chi connectivity index (χ3v) is 5.37. The van der Waals surface area contributed by atoms with Crippen LogP contribution < -0.4 is 10.9 Å². The Morgan fingerprint density at radius 2 is 2.23 bits per heavy atom. The average molecular weight is 319 g/mol. The number of hydrogen-bond acceptors (Lipinski definition) is 4. The standard InChI is InChI=1S/C16H21N3O2S/c1-3-4-8-17-14(20)13-10(2)12-15(22-13)18-11-7-5-6-9-19(11)16(12)21/h3-9H2,1-2H3,(H,17,20). The number of carbonyl (C=O) groups is 1. The predicted octanol–water partition coefficient (Wildman–Crippen LogP) is 2.63. The maximum Gasteiger partial charge on any atom is 0.262 e. The highest BCUT2D eigenvalue weighted by Crippen LogP contribution is 2.28. The van der Waals surface area contributed by atoms with Crippen LogP contribution in [0.2, 0.25) is 0 Å². The van der Waals surface area contributed by atoms with E-state index in [0.29, 0.717) is 21.6 Å². The molecule has 0 aliphatic carbocycles. The minimum Gasteiger partial charge on any atom is -0.351 e. The number of nitrogens with one attached hydrogen (secondary N) is 1. The highest BCUT2D eigenvalue weighted by Gasteiger charge is 2.22. The summed E-state index contributed by atoms with van der Waals surface area (Å²) in [5, 5.41) is 3.55. The SMILES string of the molecule is CCCCNC(=O)c1sc2nc3n(c(=O)c2c1C)CCCC3. The molecule has 0 aromatic carbocycles. The number of hydrogen-bond donors (Lipinski definition) is 1. The van der Waals surface area contributed by atoms with Gasteiger partial charge in [-0.05, 0) is 31.7 Å². The van der Waals surface area contributed by atoms with Crippen LogP contribution in [0.15, 0.2) is 4.79 Å². The fourth-order valence-corrected chi connectivity index (χ4v) is 4.02. The van der Waals surface area contributed by atoms with Crippen molar-refractivity contribution in [3.05, 3.63) is 26.6 Å². The highest BCUT2D eigenvalue weighted by atomic mass is 32.1. The molecule has 118 valence electrons. The van der Waals surface area contributed by atoms with Gasteiger partial charge in [-0.1, -0.05) is 13.3 Å². The number of amides is 1. The van der Waals surface area contributed by atoms with Crippen molar-refractivity contribution in [2.75, 3.05) is 6.54 Å². The van der Waals surface area contributed by atoms with Crippen LogP contribution in [-0.2, 0) is 13.0 Å². The number of rotatable bonds is 4. The molecule has 3 rings (SSSR count). The summed E-state index contributed by atoms with van der Waals surface area (Å²) in [6, 6.07) is 0. The molecule has 5 nitrogen and oxygen atoms in total. The number of carbonyl (C=O) groups excluding carboxylic acids is 1. The zero-order valence-corrected chi connectivity index (χ0v) is 13.9. The van der Waals surface area contributed by atoms with Gasteiger partial charge >= 0.3 is 0 Å². The minimum absolute atomic E-state index is 0.0149. The molecule has 1 amide bonds. The van der Waals surface area contributed by atoms with Gasteiger partial charge in [0.25, 0.3) is 11.5 Å². The van der Waals surface area contributed by atoms with E-state index in [1.807, 2.05) is 6.92 Å². The quantitative estimate of drug-likeness (QED) is 0.881. The highest BCUT2D eigenvalue weighted by molar-refractivity contribution is 7.20. The third-order valence-electron chi connectivity index (χ3n) is 4.18. The second-order valence-corrected chi connectivity index (χ2v) is 6.79. The maximum absolute atomic E-state index is 12.7. The fourth-order valence-electron chi connectivity index (χ4n) is 2.91. The first-order valence-electron chi connectivity index (χ1n) is 7.94. The van der Waals surface area contributed by atoms with E-state index in [0.717, 1.165) is 50.0 Å². The summed E-state index contributed by atoms with van der Waals surface area (Å²) in [6.45, 7) is 5.36. The van der Waals surface area contributed by atoms with Gasteiger partial charge in [-0.3, -0.25) is 14.2 Å². The first kappa shape index (κ1) is 15.2. The van der Waals surface area contributed by atoms with E-state index < -0.39 is 0 Å². The van der Waals surface area contributed by atoms with E-state index in [-0.39, 0.29) is 11.5 Å². The van der Waals surface area contributed by atoms with E-state index in [2.05, 4.69) is 17.2 Å². The van der Waals surface area contributed by atoms with Crippen LogP contribution in [0.25, 0.3) is 10.2 Å². The molecule has 0 radical (unpaired) electrons. The topological polar surface area (TPSA) is 64.0 Å². The number of nitrogens with zero attached hydrogens (tertiary/aromatic N) is 2. The summed E-state index contributed by atoms with van der Waals surface area (Å²) in [7, 11) is 0. The van der Waals surface area contributed by atoms with E-state index in [9.17, 15) is 9.59 Å². The Kier molecular flexibility index (Phi) is 4.29. The van der Waals surface area contributed by atoms with Crippen molar-refractivity contribution in [2.24, 2.45) is 0 Å². The van der Waals surface area contributed by atoms with Crippen LogP contribution in [0.5, 0.6) is 0 Å². The molecule has 0 saturated heterocycles. The molecule has 1 aliphatic heterocycles. The average Bonchev–Trinajstić information content (AvgIpc) is 2.85. The van der Waals surface area contributed by atoms with Crippen LogP contribution in [-0.4, -0.2) is 22.0 Å². The molecule has 6 heteroatoms. The number of thiophene rings is 1. The lowest BCUT2D eigenvalue weighted by Crippen LogP contribution is -2.28. The number of aromatic nitrogens is 2. The van der Waals surface area contributed by atoms with Crippen molar-refractivity contribution in [3.63, 3.8) is 0 Å². The van der Waals surface area contributed by atoms with Crippen molar-refractivity contribution < 1.29 is 4.79 Å². The van der Waals surface area contributed by atoms with Gasteiger partial charge in [-0.25, -0.2) is 4.98 Å². The number of unbranched alkanes of at least 4 members (excludes halogenated alkanes) is 1. The van der Waals surface area contributed by atoms with Crippen LogP contribution in [0.1, 0.15) is 53.7 Å². The van der Waals surface area contributed by atoms with Gasteiger partial charge in [-0.2, -0.15) is 0 Å². The summed E-state index contributed by atoms with van der Waals surface area (Å²) < 4.78 is 1.78.